The van der Waals surface area contributed by atoms with E-state index in [4.69, 9.17) is 9.72 Å². The van der Waals surface area contributed by atoms with E-state index >= 15 is 0 Å². The van der Waals surface area contributed by atoms with Gasteiger partial charge in [0, 0.05) is 31.1 Å². The summed E-state index contributed by atoms with van der Waals surface area (Å²) in [6.45, 7) is 4.69. The minimum atomic E-state index is -0.644. The molecule has 9 nitrogen and oxygen atoms in total. The maximum Gasteiger partial charge on any atom is 0.265 e. The number of amides is 2. The van der Waals surface area contributed by atoms with Crippen LogP contribution in [0.2, 0.25) is 0 Å². The van der Waals surface area contributed by atoms with Crippen LogP contribution < -0.4 is 15.6 Å². The number of aryl methyl sites for hydroxylation is 2. The van der Waals surface area contributed by atoms with Crippen molar-refractivity contribution in [2.45, 2.75) is 45.3 Å². The second-order valence-electron chi connectivity index (χ2n) is 9.40. The molecule has 2 aliphatic heterocycles. The number of thiophene rings is 1. The Labute approximate surface area is 206 Å². The van der Waals surface area contributed by atoms with Gasteiger partial charge in [-0.1, -0.05) is 6.07 Å². The van der Waals surface area contributed by atoms with Crippen LogP contribution in [-0.2, 0) is 24.2 Å². The first-order valence-corrected chi connectivity index (χ1v) is 12.9. The third kappa shape index (κ3) is 4.00. The van der Waals surface area contributed by atoms with E-state index in [9.17, 15) is 14.4 Å². The molecule has 4 heterocycles. The van der Waals surface area contributed by atoms with Crippen molar-refractivity contribution in [1.82, 2.24) is 19.8 Å². The van der Waals surface area contributed by atoms with Crippen LogP contribution in [-0.4, -0.2) is 63.9 Å². The molecule has 2 aromatic heterocycles. The number of para-hydroxylation sites is 1. The lowest BCUT2D eigenvalue weighted by atomic mass is 9.97. The number of aromatic nitrogens is 2. The molecule has 6 rings (SSSR count). The number of fused-ring (bicyclic) bond motifs is 4. The van der Waals surface area contributed by atoms with E-state index < -0.39 is 6.10 Å². The highest BCUT2D eigenvalue weighted by molar-refractivity contribution is 7.18. The van der Waals surface area contributed by atoms with Gasteiger partial charge in [-0.3, -0.25) is 19.3 Å². The van der Waals surface area contributed by atoms with E-state index in [1.54, 1.807) is 36.5 Å². The van der Waals surface area contributed by atoms with Gasteiger partial charge in [0.15, 0.2) is 11.9 Å². The Kier molecular flexibility index (Phi) is 5.57. The van der Waals surface area contributed by atoms with Gasteiger partial charge in [-0.2, -0.15) is 0 Å². The number of hydrogen-bond donors (Lipinski definition) is 2. The molecule has 1 aromatic carbocycles. The number of H-pyrrole nitrogens is 1. The number of rotatable bonds is 3. The first-order chi connectivity index (χ1) is 17.0. The molecule has 3 aliphatic rings. The quantitative estimate of drug-likeness (QED) is 0.581. The number of carbonyl (C=O) groups is 2. The zero-order valence-electron chi connectivity index (χ0n) is 19.6. The highest BCUT2D eigenvalue weighted by Crippen LogP contribution is 2.35. The predicted octanol–water partition coefficient (Wildman–Crippen LogP) is 2.54. The van der Waals surface area contributed by atoms with Crippen LogP contribution in [0.5, 0.6) is 5.75 Å². The van der Waals surface area contributed by atoms with E-state index in [-0.39, 0.29) is 17.4 Å². The van der Waals surface area contributed by atoms with Crippen LogP contribution in [0.15, 0.2) is 23.0 Å². The minimum absolute atomic E-state index is 0.0339. The second kappa shape index (κ2) is 8.76. The molecule has 3 aromatic rings. The fourth-order valence-electron chi connectivity index (χ4n) is 5.17. The van der Waals surface area contributed by atoms with Crippen LogP contribution in [0.3, 0.4) is 0 Å². The van der Waals surface area contributed by atoms with Crippen molar-refractivity contribution < 1.29 is 14.3 Å². The van der Waals surface area contributed by atoms with E-state index in [0.717, 1.165) is 29.5 Å². The molecule has 0 spiro atoms. The van der Waals surface area contributed by atoms with Crippen molar-refractivity contribution in [2.24, 2.45) is 0 Å². The molecular weight excluding hydrogens is 466 g/mol. The summed E-state index contributed by atoms with van der Waals surface area (Å²) in [5, 5.41) is 3.58. The third-order valence-electron chi connectivity index (χ3n) is 7.07. The van der Waals surface area contributed by atoms with Gasteiger partial charge in [0.2, 0.25) is 0 Å². The van der Waals surface area contributed by atoms with Crippen LogP contribution in [0.4, 0.5) is 5.69 Å². The van der Waals surface area contributed by atoms with Gasteiger partial charge in [0.05, 0.1) is 23.2 Å². The molecule has 2 amide bonds. The smallest absolute Gasteiger partial charge is 0.265 e. The fraction of sp³-hybridized carbons (Fsp3) is 0.440. The zero-order valence-corrected chi connectivity index (χ0v) is 20.4. The Bertz CT molecular complexity index is 1390. The minimum Gasteiger partial charge on any atom is -0.478 e. The predicted molar refractivity (Wildman–Crippen MR) is 133 cm³/mol. The van der Waals surface area contributed by atoms with Crippen molar-refractivity contribution in [3.05, 3.63) is 50.4 Å². The molecule has 1 unspecified atom stereocenters. The maximum absolute atomic E-state index is 13.3. The van der Waals surface area contributed by atoms with Crippen molar-refractivity contribution in [2.75, 3.05) is 31.5 Å². The summed E-state index contributed by atoms with van der Waals surface area (Å²) in [5.41, 5.74) is 2.15. The molecular formula is C25H27N5O4S. The molecule has 1 atom stereocenters. The molecule has 182 valence electrons. The number of carbonyl (C=O) groups excluding carboxylic acids is 2. The second-order valence-corrected chi connectivity index (χ2v) is 10.5. The van der Waals surface area contributed by atoms with Gasteiger partial charge >= 0.3 is 0 Å². The van der Waals surface area contributed by atoms with Crippen molar-refractivity contribution in [3.63, 3.8) is 0 Å². The number of piperazine rings is 1. The first-order valence-electron chi connectivity index (χ1n) is 12.1. The van der Waals surface area contributed by atoms with Gasteiger partial charge in [-0.05, 0) is 50.3 Å². The Morgan fingerprint density at radius 2 is 1.97 bits per heavy atom. The Morgan fingerprint density at radius 1 is 1.17 bits per heavy atom. The molecule has 35 heavy (non-hydrogen) atoms. The number of aromatic amines is 1. The molecule has 1 fully saturated rings. The van der Waals surface area contributed by atoms with Gasteiger partial charge in [0.25, 0.3) is 17.4 Å². The topological polar surface area (TPSA) is 108 Å². The fourth-order valence-corrected chi connectivity index (χ4v) is 6.45. The number of hydrogen-bond acceptors (Lipinski definition) is 7. The highest BCUT2D eigenvalue weighted by Gasteiger charge is 2.31. The summed E-state index contributed by atoms with van der Waals surface area (Å²) in [4.78, 5) is 52.0. The first kappa shape index (κ1) is 22.2. The number of nitrogens with zero attached hydrogens (tertiary/aromatic N) is 3. The van der Waals surface area contributed by atoms with E-state index in [0.29, 0.717) is 55.5 Å². The summed E-state index contributed by atoms with van der Waals surface area (Å²) in [7, 11) is 0. The summed E-state index contributed by atoms with van der Waals surface area (Å²) >= 11 is 1.66. The summed E-state index contributed by atoms with van der Waals surface area (Å²) in [6, 6.07) is 5.23. The lowest BCUT2D eigenvalue weighted by molar-refractivity contribution is -0.122. The number of nitrogens with one attached hydrogen (secondary N) is 2. The van der Waals surface area contributed by atoms with Crippen LogP contribution >= 0.6 is 11.3 Å². The Hall–Kier alpha value is -3.24. The highest BCUT2D eigenvalue weighted by atomic mass is 32.1. The average Bonchev–Trinajstić information content (AvgIpc) is 3.23. The molecule has 1 aliphatic carbocycles. The van der Waals surface area contributed by atoms with Gasteiger partial charge in [-0.25, -0.2) is 4.98 Å². The van der Waals surface area contributed by atoms with Gasteiger partial charge in [0.1, 0.15) is 10.7 Å². The van der Waals surface area contributed by atoms with E-state index in [1.165, 1.54) is 16.9 Å². The summed E-state index contributed by atoms with van der Waals surface area (Å²) < 4.78 is 5.75. The molecule has 0 saturated carbocycles. The molecule has 10 heteroatoms. The Balaban J connectivity index is 1.14. The maximum atomic E-state index is 13.3. The Morgan fingerprint density at radius 3 is 2.80 bits per heavy atom. The zero-order chi connectivity index (χ0) is 24.1. The van der Waals surface area contributed by atoms with Crippen LogP contribution in [0.25, 0.3) is 10.2 Å². The van der Waals surface area contributed by atoms with Crippen LogP contribution in [0.1, 0.15) is 46.4 Å². The lowest BCUT2D eigenvalue weighted by Crippen LogP contribution is -2.48. The molecule has 0 radical (unpaired) electrons. The largest absolute Gasteiger partial charge is 0.478 e. The monoisotopic (exact) mass is 493 g/mol. The third-order valence-corrected chi connectivity index (χ3v) is 8.26. The van der Waals surface area contributed by atoms with E-state index in [1.807, 2.05) is 4.90 Å². The average molecular weight is 494 g/mol. The number of anilines is 1. The molecule has 0 bridgehead atoms. The molecule has 2 N–H and O–H groups in total. The van der Waals surface area contributed by atoms with Gasteiger partial charge in [-0.15, -0.1) is 11.3 Å². The molecule has 1 saturated heterocycles. The van der Waals surface area contributed by atoms with Gasteiger partial charge < -0.3 is 19.9 Å². The van der Waals surface area contributed by atoms with Crippen LogP contribution in [0, 0.1) is 0 Å². The van der Waals surface area contributed by atoms with Crippen molar-refractivity contribution in [3.8, 4) is 5.75 Å². The summed E-state index contributed by atoms with van der Waals surface area (Å²) in [5.74, 6) is 0.780. The normalized spacial score (nSPS) is 20.2. The summed E-state index contributed by atoms with van der Waals surface area (Å²) in [6.07, 6.45) is 3.68. The standard InChI is InChI=1S/C25H27N5O4S/c1-14-22(31)26-17-7-4-6-16(21(17)34-14)25(33)30-11-9-29(10-12-30)13-19-27-23(32)20-15-5-2-3-8-18(15)35-24(20)28-19/h4,6-7,14H,2-3,5,8-13H2,1H3,(H,26,31)(H,27,28,32). The SMILES string of the molecule is CC1Oc2c(cccc2C(=O)N2CCN(Cc3nc4sc5c(c4c(=O)[nH]3)CCCC5)CC2)NC1=O. The lowest BCUT2D eigenvalue weighted by Gasteiger charge is -2.35. The van der Waals surface area contributed by atoms with Crippen molar-refractivity contribution in [1.29, 1.82) is 0 Å². The number of benzene rings is 1. The van der Waals surface area contributed by atoms with E-state index in [2.05, 4.69) is 15.2 Å². The van der Waals surface area contributed by atoms with Crippen molar-refractivity contribution >= 4 is 39.1 Å². The number of ether oxygens (including phenoxy) is 1.